The first-order chi connectivity index (χ1) is 8.16. The number of hydrogen-bond donors (Lipinski definition) is 1. The van der Waals surface area contributed by atoms with Crippen LogP contribution in [0.3, 0.4) is 0 Å². The zero-order chi connectivity index (χ0) is 12.3. The van der Waals surface area contributed by atoms with Crippen molar-refractivity contribution < 1.29 is 9.90 Å². The minimum Gasteiger partial charge on any atom is -0.481 e. The molecule has 2 atom stereocenters. The van der Waals surface area contributed by atoms with Gasteiger partial charge in [-0.15, -0.1) is 11.3 Å². The van der Waals surface area contributed by atoms with Crippen LogP contribution in [0.4, 0.5) is 0 Å². The summed E-state index contributed by atoms with van der Waals surface area (Å²) < 4.78 is 0. The number of carbonyl (C=O) groups is 1. The monoisotopic (exact) mass is 253 g/mol. The zero-order valence-electron chi connectivity index (χ0n) is 10.2. The molecule has 3 nitrogen and oxygen atoms in total. The maximum atomic E-state index is 11.6. The molecule has 1 aromatic heterocycles. The van der Waals surface area contributed by atoms with Gasteiger partial charge in [-0.2, -0.15) is 0 Å². The number of aromatic nitrogens is 1. The summed E-state index contributed by atoms with van der Waals surface area (Å²) in [6, 6.07) is 0. The van der Waals surface area contributed by atoms with Crippen molar-refractivity contribution in [3.05, 3.63) is 16.6 Å². The molecule has 1 N–H and O–H groups in total. The van der Waals surface area contributed by atoms with Crippen LogP contribution in [-0.4, -0.2) is 16.1 Å². The van der Waals surface area contributed by atoms with Crippen LogP contribution in [0.25, 0.3) is 0 Å². The molecule has 0 spiro atoms. The predicted molar refractivity (Wildman–Crippen MR) is 68.1 cm³/mol. The van der Waals surface area contributed by atoms with E-state index in [4.69, 9.17) is 0 Å². The minimum absolute atomic E-state index is 0.562. The predicted octanol–water partition coefficient (Wildman–Crippen LogP) is 3.36. The minimum atomic E-state index is -0.636. The van der Waals surface area contributed by atoms with Crippen LogP contribution in [0.15, 0.2) is 10.9 Å². The molecule has 2 rings (SSSR count). The van der Waals surface area contributed by atoms with Gasteiger partial charge in [0.2, 0.25) is 0 Å². The number of rotatable bonds is 4. The van der Waals surface area contributed by atoms with E-state index in [-0.39, 0.29) is 0 Å². The lowest BCUT2D eigenvalue weighted by molar-refractivity contribution is -0.152. The fraction of sp³-hybridized carbons (Fsp3) is 0.692. The second-order valence-corrected chi connectivity index (χ2v) is 5.83. The van der Waals surface area contributed by atoms with E-state index in [2.05, 4.69) is 11.9 Å². The van der Waals surface area contributed by atoms with E-state index >= 15 is 0 Å². The van der Waals surface area contributed by atoms with Crippen LogP contribution in [0.2, 0.25) is 0 Å². The van der Waals surface area contributed by atoms with Crippen molar-refractivity contribution in [2.45, 2.75) is 45.4 Å². The van der Waals surface area contributed by atoms with E-state index < -0.39 is 11.4 Å². The van der Waals surface area contributed by atoms with Gasteiger partial charge < -0.3 is 5.11 Å². The molecule has 0 amide bonds. The van der Waals surface area contributed by atoms with Crippen LogP contribution in [0, 0.1) is 11.3 Å². The molecular formula is C13H19NO2S. The van der Waals surface area contributed by atoms with Crippen LogP contribution >= 0.6 is 11.3 Å². The third kappa shape index (κ3) is 2.68. The Bertz CT molecular complexity index is 377. The van der Waals surface area contributed by atoms with Gasteiger partial charge in [-0.05, 0) is 18.8 Å². The zero-order valence-corrected chi connectivity index (χ0v) is 11.0. The van der Waals surface area contributed by atoms with Crippen LogP contribution < -0.4 is 0 Å². The molecule has 0 aliphatic heterocycles. The molecule has 0 saturated heterocycles. The molecule has 94 valence electrons. The molecule has 1 fully saturated rings. The maximum absolute atomic E-state index is 11.6. The summed E-state index contributed by atoms with van der Waals surface area (Å²) in [5.74, 6) is -0.0675. The fourth-order valence-corrected chi connectivity index (χ4v) is 3.49. The average molecular weight is 253 g/mol. The van der Waals surface area contributed by atoms with Gasteiger partial charge in [-0.1, -0.05) is 26.2 Å². The van der Waals surface area contributed by atoms with E-state index in [1.807, 2.05) is 5.38 Å². The normalized spacial score (nSPS) is 29.1. The molecule has 2 unspecified atom stereocenters. The molecule has 17 heavy (non-hydrogen) atoms. The summed E-state index contributed by atoms with van der Waals surface area (Å²) in [5.41, 5.74) is 2.16. The van der Waals surface area contributed by atoms with Gasteiger partial charge in [-0.3, -0.25) is 4.79 Å². The summed E-state index contributed by atoms with van der Waals surface area (Å²) in [6.45, 7) is 2.16. The third-order valence-electron chi connectivity index (χ3n) is 3.98. The smallest absolute Gasteiger partial charge is 0.310 e. The Morgan fingerprint density at radius 3 is 3.12 bits per heavy atom. The van der Waals surface area contributed by atoms with Gasteiger partial charge >= 0.3 is 5.97 Å². The van der Waals surface area contributed by atoms with E-state index in [0.29, 0.717) is 12.3 Å². The van der Waals surface area contributed by atoms with Crippen LogP contribution in [0.5, 0.6) is 0 Å². The van der Waals surface area contributed by atoms with Gasteiger partial charge in [0, 0.05) is 11.8 Å². The Morgan fingerprint density at radius 1 is 1.71 bits per heavy atom. The highest BCUT2D eigenvalue weighted by Crippen LogP contribution is 2.43. The Labute approximate surface area is 106 Å². The maximum Gasteiger partial charge on any atom is 0.310 e. The first kappa shape index (κ1) is 12.6. The largest absolute Gasteiger partial charge is 0.481 e. The number of hydrogen-bond acceptors (Lipinski definition) is 3. The van der Waals surface area contributed by atoms with Crippen molar-refractivity contribution in [2.24, 2.45) is 11.3 Å². The van der Waals surface area contributed by atoms with Crippen LogP contribution in [0.1, 0.15) is 44.7 Å². The number of thiazole rings is 1. The lowest BCUT2D eigenvalue weighted by atomic mass is 9.67. The van der Waals surface area contributed by atoms with E-state index in [1.165, 1.54) is 6.42 Å². The first-order valence-corrected chi connectivity index (χ1v) is 7.21. The Balaban J connectivity index is 2.17. The molecule has 0 bridgehead atoms. The summed E-state index contributed by atoms with van der Waals surface area (Å²) in [6.07, 6.45) is 5.53. The van der Waals surface area contributed by atoms with Gasteiger partial charge in [0.25, 0.3) is 0 Å². The SMILES string of the molecule is CCC1CCCC(Cc2cscn2)(C(=O)O)C1. The van der Waals surface area contributed by atoms with Gasteiger partial charge in [0.1, 0.15) is 0 Å². The lowest BCUT2D eigenvalue weighted by Crippen LogP contribution is -2.38. The highest BCUT2D eigenvalue weighted by molar-refractivity contribution is 7.07. The molecule has 1 heterocycles. The summed E-state index contributed by atoms with van der Waals surface area (Å²) in [4.78, 5) is 15.9. The standard InChI is InChI=1S/C13H19NO2S/c1-2-10-4-3-5-13(6-10,12(15)16)7-11-8-17-9-14-11/h8-10H,2-7H2,1H3,(H,15,16). The van der Waals surface area contributed by atoms with Gasteiger partial charge in [-0.25, -0.2) is 4.98 Å². The third-order valence-corrected chi connectivity index (χ3v) is 4.62. The highest BCUT2D eigenvalue weighted by Gasteiger charge is 2.42. The lowest BCUT2D eigenvalue weighted by Gasteiger charge is -2.37. The Morgan fingerprint density at radius 2 is 2.53 bits per heavy atom. The fourth-order valence-electron chi connectivity index (χ4n) is 2.94. The van der Waals surface area contributed by atoms with Crippen LogP contribution in [-0.2, 0) is 11.2 Å². The second-order valence-electron chi connectivity index (χ2n) is 5.11. The van der Waals surface area contributed by atoms with Gasteiger partial charge in [0.05, 0.1) is 16.6 Å². The van der Waals surface area contributed by atoms with Crippen molar-refractivity contribution >= 4 is 17.3 Å². The topological polar surface area (TPSA) is 50.2 Å². The molecule has 0 radical (unpaired) electrons. The summed E-state index contributed by atoms with van der Waals surface area (Å²) in [5, 5.41) is 11.5. The van der Waals surface area contributed by atoms with Crippen molar-refractivity contribution in [3.8, 4) is 0 Å². The van der Waals surface area contributed by atoms with Crippen molar-refractivity contribution in [1.29, 1.82) is 0 Å². The Kier molecular flexibility index (Phi) is 3.82. The molecular weight excluding hydrogens is 234 g/mol. The number of carboxylic acid groups (broad SMARTS) is 1. The highest BCUT2D eigenvalue weighted by atomic mass is 32.1. The summed E-state index contributed by atoms with van der Waals surface area (Å²) in [7, 11) is 0. The van der Waals surface area contributed by atoms with Crippen molar-refractivity contribution in [3.63, 3.8) is 0 Å². The van der Waals surface area contributed by atoms with Crippen molar-refractivity contribution in [2.75, 3.05) is 0 Å². The first-order valence-electron chi connectivity index (χ1n) is 6.27. The van der Waals surface area contributed by atoms with Gasteiger partial charge in [0.15, 0.2) is 0 Å². The Hall–Kier alpha value is -0.900. The van der Waals surface area contributed by atoms with E-state index in [1.54, 1.807) is 16.8 Å². The average Bonchev–Trinajstić information content (AvgIpc) is 2.81. The number of carboxylic acids is 1. The molecule has 0 aromatic carbocycles. The molecule has 1 saturated carbocycles. The molecule has 1 aliphatic rings. The number of nitrogens with zero attached hydrogens (tertiary/aromatic N) is 1. The number of aliphatic carboxylic acids is 1. The molecule has 1 aromatic rings. The summed E-state index contributed by atoms with van der Waals surface area (Å²) >= 11 is 1.54. The quantitative estimate of drug-likeness (QED) is 0.895. The van der Waals surface area contributed by atoms with Crippen molar-refractivity contribution in [1.82, 2.24) is 4.98 Å². The van der Waals surface area contributed by atoms with E-state index in [0.717, 1.165) is 31.4 Å². The molecule has 1 aliphatic carbocycles. The second kappa shape index (κ2) is 5.17. The molecule has 4 heteroatoms. The van der Waals surface area contributed by atoms with E-state index in [9.17, 15) is 9.90 Å².